The molecule has 0 atom stereocenters. The maximum absolute atomic E-state index is 11.9. The number of carboxylic acid groups (broad SMARTS) is 1. The second-order valence-corrected chi connectivity index (χ2v) is 10.5. The minimum absolute atomic E-state index is 0.0963. The first kappa shape index (κ1) is 34.4. The highest BCUT2D eigenvalue weighted by Crippen LogP contribution is 2.14. The zero-order chi connectivity index (χ0) is 26.5. The van der Waals surface area contributed by atoms with Crippen molar-refractivity contribution in [2.45, 2.75) is 174 Å². The molecule has 0 aliphatic heterocycles. The van der Waals surface area contributed by atoms with Gasteiger partial charge in [0.25, 0.3) is 0 Å². The highest BCUT2D eigenvalue weighted by molar-refractivity contribution is 5.81. The third-order valence-corrected chi connectivity index (χ3v) is 6.89. The number of rotatable bonds is 27. The van der Waals surface area contributed by atoms with E-state index in [0.717, 1.165) is 64.2 Å². The molecule has 0 aliphatic carbocycles. The molecule has 0 fully saturated rings. The summed E-state index contributed by atoms with van der Waals surface area (Å²) in [6.45, 7) is 2.27. The van der Waals surface area contributed by atoms with Crippen LogP contribution < -0.4 is 10.9 Å². The number of unbranched alkanes of at least 4 members (excludes halogenated alkanes) is 21. The average Bonchev–Trinajstić information content (AvgIpc) is 2.86. The molecular weight excluding hydrogens is 452 g/mol. The third kappa shape index (κ3) is 28.6. The van der Waals surface area contributed by atoms with Gasteiger partial charge >= 0.3 is 5.97 Å². The van der Waals surface area contributed by atoms with E-state index in [1.54, 1.807) is 0 Å². The Kier molecular flexibility index (Phi) is 26.8. The fourth-order valence-corrected chi connectivity index (χ4v) is 4.54. The lowest BCUT2D eigenvalue weighted by molar-refractivity contribution is -0.137. The van der Waals surface area contributed by atoms with E-state index >= 15 is 0 Å². The van der Waals surface area contributed by atoms with Crippen LogP contribution in [0.5, 0.6) is 0 Å². The molecule has 0 unspecified atom stereocenters. The van der Waals surface area contributed by atoms with E-state index in [1.807, 2.05) is 0 Å². The molecule has 6 heteroatoms. The Morgan fingerprint density at radius 2 is 0.667 bits per heavy atom. The Morgan fingerprint density at radius 1 is 0.417 bits per heavy atom. The molecule has 0 saturated heterocycles. The van der Waals surface area contributed by atoms with Crippen molar-refractivity contribution in [1.29, 1.82) is 0 Å². The van der Waals surface area contributed by atoms with Crippen molar-refractivity contribution in [3.05, 3.63) is 0 Å². The quantitative estimate of drug-likeness (QED) is 0.0763. The van der Waals surface area contributed by atoms with Crippen LogP contribution in [0.4, 0.5) is 0 Å². The third-order valence-electron chi connectivity index (χ3n) is 6.89. The van der Waals surface area contributed by atoms with Gasteiger partial charge in [-0.25, -0.2) is 0 Å². The molecule has 2 amide bonds. The number of carbonyl (C=O) groups is 3. The van der Waals surface area contributed by atoms with E-state index in [0.29, 0.717) is 12.8 Å². The van der Waals surface area contributed by atoms with E-state index in [4.69, 9.17) is 5.11 Å². The van der Waals surface area contributed by atoms with Gasteiger partial charge in [0.1, 0.15) is 0 Å². The van der Waals surface area contributed by atoms with E-state index < -0.39 is 5.97 Å². The van der Waals surface area contributed by atoms with Crippen molar-refractivity contribution >= 4 is 17.8 Å². The van der Waals surface area contributed by atoms with Crippen LogP contribution >= 0.6 is 0 Å². The maximum Gasteiger partial charge on any atom is 0.303 e. The molecule has 0 aromatic carbocycles. The monoisotopic (exact) mass is 510 g/mol. The summed E-state index contributed by atoms with van der Waals surface area (Å²) in [5.41, 5.74) is 5.07. The molecule has 0 saturated carbocycles. The van der Waals surface area contributed by atoms with Crippen LogP contribution in [0.15, 0.2) is 0 Å². The molecule has 0 rings (SSSR count). The van der Waals surface area contributed by atoms with Gasteiger partial charge in [-0.15, -0.1) is 0 Å². The number of amides is 2. The minimum atomic E-state index is -0.713. The summed E-state index contributed by atoms with van der Waals surface area (Å²) in [7, 11) is 0. The van der Waals surface area contributed by atoms with Crippen molar-refractivity contribution in [3.8, 4) is 0 Å². The Hall–Kier alpha value is -1.59. The molecule has 0 heterocycles. The number of carboxylic acids is 1. The summed E-state index contributed by atoms with van der Waals surface area (Å²) in [4.78, 5) is 34.2. The number of carbonyl (C=O) groups excluding carboxylic acids is 2. The summed E-state index contributed by atoms with van der Waals surface area (Å²) < 4.78 is 0. The summed E-state index contributed by atoms with van der Waals surface area (Å²) in [6.07, 6.45) is 28.8. The standard InChI is InChI=1S/C30H58N2O4/c1-2-3-4-5-6-7-8-9-10-11-12-13-16-19-22-25-28(33)31-32-29(34)26-23-20-17-14-15-18-21-24-27-30(35)36/h2-27H2,1H3,(H,31,33)(H,32,34)(H,35,36). The van der Waals surface area contributed by atoms with Crippen LogP contribution in [-0.2, 0) is 14.4 Å². The first-order valence-corrected chi connectivity index (χ1v) is 15.4. The van der Waals surface area contributed by atoms with Crippen molar-refractivity contribution in [3.63, 3.8) is 0 Å². The summed E-state index contributed by atoms with van der Waals surface area (Å²) >= 11 is 0. The predicted octanol–water partition coefficient (Wildman–Crippen LogP) is 8.38. The van der Waals surface area contributed by atoms with Crippen molar-refractivity contribution in [2.75, 3.05) is 0 Å². The zero-order valence-electron chi connectivity index (χ0n) is 23.6. The zero-order valence-corrected chi connectivity index (χ0v) is 23.6. The van der Waals surface area contributed by atoms with Crippen LogP contribution in [0.25, 0.3) is 0 Å². The largest absolute Gasteiger partial charge is 0.481 e. The Morgan fingerprint density at radius 3 is 0.944 bits per heavy atom. The van der Waals surface area contributed by atoms with E-state index in [2.05, 4.69) is 17.8 Å². The molecule has 36 heavy (non-hydrogen) atoms. The maximum atomic E-state index is 11.9. The van der Waals surface area contributed by atoms with Gasteiger partial charge in [0.15, 0.2) is 0 Å². The first-order valence-electron chi connectivity index (χ1n) is 15.4. The molecule has 6 nitrogen and oxygen atoms in total. The number of hydrogen-bond donors (Lipinski definition) is 3. The number of aliphatic carboxylic acids is 1. The topological polar surface area (TPSA) is 95.5 Å². The second-order valence-electron chi connectivity index (χ2n) is 10.5. The van der Waals surface area contributed by atoms with E-state index in [9.17, 15) is 14.4 Å². The van der Waals surface area contributed by atoms with E-state index in [1.165, 1.54) is 83.5 Å². The van der Waals surface area contributed by atoms with Gasteiger partial charge < -0.3 is 5.11 Å². The van der Waals surface area contributed by atoms with Crippen LogP contribution in [-0.4, -0.2) is 22.9 Å². The Labute approximate surface area is 222 Å². The highest BCUT2D eigenvalue weighted by atomic mass is 16.4. The van der Waals surface area contributed by atoms with Crippen molar-refractivity contribution < 1.29 is 19.5 Å². The molecule has 0 radical (unpaired) electrons. The normalized spacial score (nSPS) is 10.9. The second kappa shape index (κ2) is 28.0. The molecule has 0 bridgehead atoms. The van der Waals surface area contributed by atoms with E-state index in [-0.39, 0.29) is 18.2 Å². The van der Waals surface area contributed by atoms with Crippen LogP contribution in [0.1, 0.15) is 174 Å². The molecule has 3 N–H and O–H groups in total. The average molecular weight is 511 g/mol. The predicted molar refractivity (Wildman–Crippen MR) is 150 cm³/mol. The Balaban J connectivity index is 3.29. The van der Waals surface area contributed by atoms with Gasteiger partial charge in [-0.2, -0.15) is 0 Å². The molecular formula is C30H58N2O4. The molecule has 0 spiro atoms. The van der Waals surface area contributed by atoms with Gasteiger partial charge in [-0.3, -0.25) is 25.2 Å². The van der Waals surface area contributed by atoms with Gasteiger partial charge in [-0.1, -0.05) is 135 Å². The van der Waals surface area contributed by atoms with Crippen LogP contribution in [0, 0.1) is 0 Å². The summed E-state index contributed by atoms with van der Waals surface area (Å²) in [6, 6.07) is 0. The van der Waals surface area contributed by atoms with Gasteiger partial charge in [0.2, 0.25) is 11.8 Å². The molecule has 0 aromatic rings. The summed E-state index contributed by atoms with van der Waals surface area (Å²) in [5.74, 6) is -0.927. The smallest absolute Gasteiger partial charge is 0.303 e. The summed E-state index contributed by atoms with van der Waals surface area (Å²) in [5, 5.41) is 8.59. The van der Waals surface area contributed by atoms with Gasteiger partial charge in [0.05, 0.1) is 0 Å². The molecule has 0 aliphatic rings. The van der Waals surface area contributed by atoms with Crippen molar-refractivity contribution in [1.82, 2.24) is 10.9 Å². The SMILES string of the molecule is CCCCCCCCCCCCCCCCCC(=O)NNC(=O)CCCCCCCCCCC(=O)O. The lowest BCUT2D eigenvalue weighted by Gasteiger charge is -2.07. The minimum Gasteiger partial charge on any atom is -0.481 e. The lowest BCUT2D eigenvalue weighted by atomic mass is 10.0. The van der Waals surface area contributed by atoms with Gasteiger partial charge in [0, 0.05) is 19.3 Å². The fourth-order valence-electron chi connectivity index (χ4n) is 4.54. The number of hydrazine groups is 1. The van der Waals surface area contributed by atoms with Crippen LogP contribution in [0.2, 0.25) is 0 Å². The molecule has 212 valence electrons. The highest BCUT2D eigenvalue weighted by Gasteiger charge is 2.05. The van der Waals surface area contributed by atoms with Crippen molar-refractivity contribution in [2.24, 2.45) is 0 Å². The lowest BCUT2D eigenvalue weighted by Crippen LogP contribution is -2.41. The number of hydrogen-bond acceptors (Lipinski definition) is 3. The molecule has 0 aromatic heterocycles. The first-order chi connectivity index (χ1) is 17.6. The van der Waals surface area contributed by atoms with Crippen LogP contribution in [0.3, 0.4) is 0 Å². The number of nitrogens with one attached hydrogen (secondary N) is 2. The Bertz CT molecular complexity index is 525. The fraction of sp³-hybridized carbons (Fsp3) is 0.900. The van der Waals surface area contributed by atoms with Gasteiger partial charge in [-0.05, 0) is 19.3 Å².